The molecule has 0 atom stereocenters. The minimum Gasteiger partial charge on any atom is -0.497 e. The van der Waals surface area contributed by atoms with Crippen LogP contribution in [0.1, 0.15) is 25.0 Å². The van der Waals surface area contributed by atoms with E-state index >= 15 is 0 Å². The smallest absolute Gasteiger partial charge is 0.209 e. The van der Waals surface area contributed by atoms with Crippen LogP contribution in [0.4, 0.5) is 5.69 Å². The fourth-order valence-electron chi connectivity index (χ4n) is 5.14. The Hall–Kier alpha value is -3.59. The molecule has 1 aromatic heterocycles. The third kappa shape index (κ3) is 3.00. The van der Waals surface area contributed by atoms with Crippen molar-refractivity contribution in [2.45, 2.75) is 19.3 Å². The maximum atomic E-state index is 5.50. The molecule has 2 heterocycles. The number of fused-ring (bicyclic) bond motifs is 2. The Bertz CT molecular complexity index is 1390. The summed E-state index contributed by atoms with van der Waals surface area (Å²) >= 11 is 0. The van der Waals surface area contributed by atoms with E-state index in [2.05, 4.69) is 116 Å². The monoisotopic (exact) mass is 421 g/mol. The van der Waals surface area contributed by atoms with Gasteiger partial charge in [0.25, 0.3) is 0 Å². The highest BCUT2D eigenvalue weighted by Gasteiger charge is 2.43. The van der Waals surface area contributed by atoms with Crippen molar-refractivity contribution in [1.29, 1.82) is 0 Å². The average molecular weight is 422 g/mol. The first-order valence-electron chi connectivity index (χ1n) is 11.0. The number of hydrogen-bond acceptors (Lipinski definition) is 1. The van der Waals surface area contributed by atoms with Crippen molar-refractivity contribution in [3.8, 4) is 17.0 Å². The van der Waals surface area contributed by atoms with Gasteiger partial charge in [-0.2, -0.15) is 4.58 Å². The molecule has 3 aromatic carbocycles. The van der Waals surface area contributed by atoms with Crippen molar-refractivity contribution >= 4 is 28.4 Å². The summed E-state index contributed by atoms with van der Waals surface area (Å²) in [5.74, 6) is 0.899. The predicted molar refractivity (Wildman–Crippen MR) is 134 cm³/mol. The van der Waals surface area contributed by atoms with Crippen LogP contribution in [0, 0.1) is 0 Å². The Morgan fingerprint density at radius 2 is 1.62 bits per heavy atom. The van der Waals surface area contributed by atoms with E-state index in [9.17, 15) is 0 Å². The predicted octanol–water partition coefficient (Wildman–Crippen LogP) is 6.57. The van der Waals surface area contributed by atoms with Crippen LogP contribution in [0.25, 0.3) is 28.2 Å². The maximum absolute atomic E-state index is 5.50. The Morgan fingerprint density at radius 1 is 0.906 bits per heavy atom. The SMILES string of the molecule is COc1ccc2c(c1)C(C)(C)C(/C=C/c1c(-c3ccccc3)n(C)c3ccccc13)=[N+]2C. The van der Waals surface area contributed by atoms with Crippen molar-refractivity contribution < 1.29 is 9.31 Å². The first-order chi connectivity index (χ1) is 15.4. The van der Waals surface area contributed by atoms with Gasteiger partial charge in [-0.15, -0.1) is 0 Å². The van der Waals surface area contributed by atoms with Crippen molar-refractivity contribution in [3.63, 3.8) is 0 Å². The van der Waals surface area contributed by atoms with Crippen molar-refractivity contribution in [2.24, 2.45) is 7.05 Å². The van der Waals surface area contributed by atoms with Gasteiger partial charge in [-0.1, -0.05) is 48.5 Å². The van der Waals surface area contributed by atoms with Gasteiger partial charge in [0, 0.05) is 41.2 Å². The van der Waals surface area contributed by atoms with E-state index in [0.29, 0.717) is 0 Å². The first-order valence-corrected chi connectivity index (χ1v) is 11.0. The fourth-order valence-corrected chi connectivity index (χ4v) is 5.14. The number of aryl methyl sites for hydroxylation is 1. The summed E-state index contributed by atoms with van der Waals surface area (Å²) < 4.78 is 10.1. The van der Waals surface area contributed by atoms with Crippen LogP contribution in [0.3, 0.4) is 0 Å². The van der Waals surface area contributed by atoms with Gasteiger partial charge in [-0.05, 0) is 43.7 Å². The molecule has 4 aromatic rings. The normalized spacial score (nSPS) is 15.0. The summed E-state index contributed by atoms with van der Waals surface area (Å²) in [6.45, 7) is 4.57. The van der Waals surface area contributed by atoms with Crippen molar-refractivity contribution in [3.05, 3.63) is 90.0 Å². The lowest BCUT2D eigenvalue weighted by molar-refractivity contribution is -0.401. The Labute approximate surface area is 189 Å². The van der Waals surface area contributed by atoms with Gasteiger partial charge < -0.3 is 9.30 Å². The molecule has 3 nitrogen and oxygen atoms in total. The molecule has 32 heavy (non-hydrogen) atoms. The molecule has 0 aliphatic carbocycles. The lowest BCUT2D eigenvalue weighted by Crippen LogP contribution is -2.26. The number of para-hydroxylation sites is 1. The van der Waals surface area contributed by atoms with Crippen LogP contribution >= 0.6 is 0 Å². The number of allylic oxidation sites excluding steroid dienone is 1. The van der Waals surface area contributed by atoms with Crippen molar-refractivity contribution in [1.82, 2.24) is 4.57 Å². The molecular weight excluding hydrogens is 392 g/mol. The molecule has 5 rings (SSSR count). The van der Waals surface area contributed by atoms with Gasteiger partial charge >= 0.3 is 0 Å². The second kappa shape index (κ2) is 7.52. The van der Waals surface area contributed by atoms with Crippen LogP contribution in [0.5, 0.6) is 5.75 Å². The van der Waals surface area contributed by atoms with Crippen LogP contribution in [0.2, 0.25) is 0 Å². The lowest BCUT2D eigenvalue weighted by atomic mass is 9.81. The number of rotatable bonds is 4. The van der Waals surface area contributed by atoms with Crippen LogP contribution < -0.4 is 4.74 Å². The highest BCUT2D eigenvalue weighted by atomic mass is 16.5. The highest BCUT2D eigenvalue weighted by molar-refractivity contribution is 6.08. The van der Waals surface area contributed by atoms with Crippen LogP contribution in [-0.2, 0) is 12.5 Å². The highest BCUT2D eigenvalue weighted by Crippen LogP contribution is 2.42. The summed E-state index contributed by atoms with van der Waals surface area (Å²) in [4.78, 5) is 0. The van der Waals surface area contributed by atoms with Crippen molar-refractivity contribution in [2.75, 3.05) is 14.2 Å². The number of ether oxygens (including phenoxy) is 1. The van der Waals surface area contributed by atoms with E-state index < -0.39 is 0 Å². The minimum atomic E-state index is -0.118. The standard InChI is InChI=1S/C29H29N2O/c1-29(2)24-19-21(32-5)15-17-26(24)30(3)27(29)18-16-23-22-13-9-10-14-25(22)31(4)28(23)20-11-7-6-8-12-20/h6-19H,1-5H3/q+1. The Balaban J connectivity index is 1.67. The molecule has 160 valence electrons. The molecular formula is C29H29N2O+. The zero-order valence-electron chi connectivity index (χ0n) is 19.4. The van der Waals surface area contributed by atoms with Gasteiger partial charge in [0.1, 0.15) is 12.8 Å². The third-order valence-electron chi connectivity index (χ3n) is 6.84. The van der Waals surface area contributed by atoms with E-state index in [1.54, 1.807) is 7.11 Å². The minimum absolute atomic E-state index is 0.118. The molecule has 3 heteroatoms. The number of aromatic nitrogens is 1. The fraction of sp³-hybridized carbons (Fsp3) is 0.207. The van der Waals surface area contributed by atoms with Gasteiger partial charge in [-0.25, -0.2) is 0 Å². The van der Waals surface area contributed by atoms with Gasteiger partial charge in [0.2, 0.25) is 5.69 Å². The van der Waals surface area contributed by atoms with E-state index in [4.69, 9.17) is 4.74 Å². The molecule has 0 saturated heterocycles. The molecule has 0 fully saturated rings. The molecule has 1 aliphatic rings. The first kappa shape index (κ1) is 20.3. The second-order valence-electron chi connectivity index (χ2n) is 8.99. The zero-order valence-corrected chi connectivity index (χ0v) is 19.4. The summed E-state index contributed by atoms with van der Waals surface area (Å²) in [6, 6.07) is 25.7. The van der Waals surface area contributed by atoms with Gasteiger partial charge in [0.05, 0.1) is 18.2 Å². The largest absolute Gasteiger partial charge is 0.497 e. The summed E-state index contributed by atoms with van der Waals surface area (Å²) in [5.41, 5.74) is 8.63. The summed E-state index contributed by atoms with van der Waals surface area (Å²) in [6.07, 6.45) is 4.59. The van der Waals surface area contributed by atoms with Gasteiger partial charge in [0.15, 0.2) is 5.71 Å². The van der Waals surface area contributed by atoms with E-state index in [1.807, 2.05) is 6.07 Å². The molecule has 0 radical (unpaired) electrons. The van der Waals surface area contributed by atoms with E-state index in [-0.39, 0.29) is 5.41 Å². The van der Waals surface area contributed by atoms with E-state index in [0.717, 1.165) is 5.75 Å². The molecule has 0 bridgehead atoms. The molecule has 0 N–H and O–H groups in total. The van der Waals surface area contributed by atoms with Crippen LogP contribution in [-0.4, -0.2) is 29.0 Å². The average Bonchev–Trinajstić information content (AvgIpc) is 3.20. The van der Waals surface area contributed by atoms with Gasteiger partial charge in [-0.3, -0.25) is 0 Å². The van der Waals surface area contributed by atoms with E-state index in [1.165, 1.54) is 44.7 Å². The number of benzene rings is 3. The summed E-state index contributed by atoms with van der Waals surface area (Å²) in [5, 5.41) is 1.27. The lowest BCUT2D eigenvalue weighted by Gasteiger charge is -2.16. The molecule has 0 saturated carbocycles. The molecule has 1 aliphatic heterocycles. The van der Waals surface area contributed by atoms with Crippen LogP contribution in [0.15, 0.2) is 78.9 Å². The number of methoxy groups -OCH3 is 1. The Morgan fingerprint density at radius 3 is 2.38 bits per heavy atom. The molecule has 0 unspecified atom stereocenters. The summed E-state index contributed by atoms with van der Waals surface area (Å²) in [7, 11) is 6.04. The number of hydrogen-bond donors (Lipinski definition) is 0. The third-order valence-corrected chi connectivity index (χ3v) is 6.84. The second-order valence-corrected chi connectivity index (χ2v) is 8.99. The molecule has 0 spiro atoms. The number of nitrogens with zero attached hydrogens (tertiary/aromatic N) is 2. The quantitative estimate of drug-likeness (QED) is 0.341. The zero-order chi connectivity index (χ0) is 22.5. The maximum Gasteiger partial charge on any atom is 0.209 e. The Kier molecular flexibility index (Phi) is 4.78. The topological polar surface area (TPSA) is 17.2 Å². The molecule has 0 amide bonds.